The Morgan fingerprint density at radius 1 is 1.19 bits per heavy atom. The SMILES string of the molecule is C=CC(=O)Nc1cc(Nc2ncc(C(=O)O)c(-c3nn4c5c(cccc35)OCC4)n2)c(OC)cc1N(C)CCN(C)C. The van der Waals surface area contributed by atoms with Gasteiger partial charge in [-0.1, -0.05) is 18.7 Å². The van der Waals surface area contributed by atoms with Crippen LogP contribution in [0.2, 0.25) is 0 Å². The van der Waals surface area contributed by atoms with E-state index in [4.69, 9.17) is 14.6 Å². The summed E-state index contributed by atoms with van der Waals surface area (Å²) in [4.78, 5) is 37.4. The van der Waals surface area contributed by atoms with Crippen LogP contribution in [0.4, 0.5) is 23.0 Å². The van der Waals surface area contributed by atoms with Crippen LogP contribution in [0.1, 0.15) is 10.4 Å². The number of amides is 1. The number of nitrogens with zero attached hydrogens (tertiary/aromatic N) is 6. The number of rotatable bonds is 11. The molecule has 218 valence electrons. The number of carbonyl (C=O) groups is 2. The number of likely N-dealkylation sites (N-methyl/N-ethyl adjacent to an activating group) is 2. The van der Waals surface area contributed by atoms with Gasteiger partial charge >= 0.3 is 5.97 Å². The smallest absolute Gasteiger partial charge is 0.339 e. The Labute approximate surface area is 242 Å². The number of nitrogens with one attached hydrogen (secondary N) is 2. The number of ether oxygens (including phenoxy) is 2. The molecule has 0 bridgehead atoms. The molecule has 5 rings (SSSR count). The van der Waals surface area contributed by atoms with Gasteiger partial charge in [0.15, 0.2) is 0 Å². The van der Waals surface area contributed by atoms with Gasteiger partial charge in [0.1, 0.15) is 40.6 Å². The lowest BCUT2D eigenvalue weighted by molar-refractivity contribution is -0.111. The number of carboxylic acid groups (broad SMARTS) is 1. The van der Waals surface area contributed by atoms with Gasteiger partial charge in [0.25, 0.3) is 0 Å². The second kappa shape index (κ2) is 11.7. The second-order valence-corrected chi connectivity index (χ2v) is 9.95. The van der Waals surface area contributed by atoms with Crippen LogP contribution >= 0.6 is 0 Å². The van der Waals surface area contributed by atoms with Crippen LogP contribution in [0.25, 0.3) is 22.3 Å². The monoisotopic (exact) mass is 572 g/mol. The molecule has 1 aliphatic rings. The molecule has 13 heteroatoms. The number of hydrogen-bond acceptors (Lipinski definition) is 10. The van der Waals surface area contributed by atoms with E-state index >= 15 is 0 Å². The largest absolute Gasteiger partial charge is 0.494 e. The highest BCUT2D eigenvalue weighted by atomic mass is 16.5. The predicted octanol–water partition coefficient (Wildman–Crippen LogP) is 3.46. The van der Waals surface area contributed by atoms with Gasteiger partial charge in [0.2, 0.25) is 11.9 Å². The molecule has 0 saturated heterocycles. The van der Waals surface area contributed by atoms with Crippen LogP contribution in [0.5, 0.6) is 11.5 Å². The number of hydrogen-bond donors (Lipinski definition) is 3. The van der Waals surface area contributed by atoms with Gasteiger partial charge in [-0.25, -0.2) is 14.8 Å². The Kier molecular flexibility index (Phi) is 7.93. The molecule has 0 saturated carbocycles. The van der Waals surface area contributed by atoms with Gasteiger partial charge in [-0.3, -0.25) is 9.48 Å². The van der Waals surface area contributed by atoms with E-state index in [1.165, 1.54) is 19.4 Å². The first kappa shape index (κ1) is 28.4. The number of carbonyl (C=O) groups excluding carboxylic acids is 1. The standard InChI is InChI=1S/C29H32N8O5/c1-6-24(38)31-19-14-20(23(41-5)15-21(19)36(4)11-10-35(2)3)32-29-30-16-18(28(39)40)25(33-29)26-17-8-7-9-22-27(17)37(34-26)12-13-42-22/h6-9,14-16H,1,10-13H2,2-5H3,(H,31,38)(H,39,40)(H,30,32,33). The van der Waals surface area contributed by atoms with Gasteiger partial charge in [0.05, 0.1) is 30.7 Å². The molecule has 2 aromatic heterocycles. The van der Waals surface area contributed by atoms with E-state index in [2.05, 4.69) is 32.1 Å². The van der Waals surface area contributed by atoms with Crippen LogP contribution in [0, 0.1) is 0 Å². The molecular weight excluding hydrogens is 540 g/mol. The second-order valence-electron chi connectivity index (χ2n) is 9.95. The minimum Gasteiger partial charge on any atom is -0.494 e. The van der Waals surface area contributed by atoms with Crippen LogP contribution in [-0.2, 0) is 11.3 Å². The third-order valence-corrected chi connectivity index (χ3v) is 6.84. The third-order valence-electron chi connectivity index (χ3n) is 6.84. The van der Waals surface area contributed by atoms with E-state index in [9.17, 15) is 14.7 Å². The lowest BCUT2D eigenvalue weighted by Crippen LogP contribution is -2.29. The Balaban J connectivity index is 1.58. The minimum atomic E-state index is -1.18. The summed E-state index contributed by atoms with van der Waals surface area (Å²) in [6, 6.07) is 9.06. The fourth-order valence-corrected chi connectivity index (χ4v) is 4.70. The zero-order valence-corrected chi connectivity index (χ0v) is 23.8. The maximum absolute atomic E-state index is 12.3. The summed E-state index contributed by atoms with van der Waals surface area (Å²) in [6.45, 7) is 6.02. The van der Waals surface area contributed by atoms with Crippen molar-refractivity contribution in [3.05, 3.63) is 54.7 Å². The van der Waals surface area contributed by atoms with Crippen molar-refractivity contribution in [2.75, 3.05) is 63.5 Å². The topological polar surface area (TPSA) is 147 Å². The number of carboxylic acids is 1. The predicted molar refractivity (Wildman–Crippen MR) is 160 cm³/mol. The van der Waals surface area contributed by atoms with Crippen molar-refractivity contribution >= 4 is 45.8 Å². The van der Waals surface area contributed by atoms with Gasteiger partial charge < -0.3 is 35.0 Å². The maximum Gasteiger partial charge on any atom is 0.339 e. The molecular formula is C29H32N8O5. The van der Waals surface area contributed by atoms with E-state index in [1.807, 2.05) is 44.2 Å². The van der Waals surface area contributed by atoms with Gasteiger partial charge in [-0.15, -0.1) is 0 Å². The summed E-state index contributed by atoms with van der Waals surface area (Å²) in [5, 5.41) is 21.4. The van der Waals surface area contributed by atoms with E-state index in [0.717, 1.165) is 23.1 Å². The molecule has 42 heavy (non-hydrogen) atoms. The lowest BCUT2D eigenvalue weighted by atomic mass is 10.1. The van der Waals surface area contributed by atoms with E-state index in [-0.39, 0.29) is 23.1 Å². The average molecular weight is 573 g/mol. The first-order valence-corrected chi connectivity index (χ1v) is 13.2. The van der Waals surface area contributed by atoms with Crippen molar-refractivity contribution in [1.29, 1.82) is 0 Å². The molecule has 4 aromatic rings. The maximum atomic E-state index is 12.3. The van der Waals surface area contributed by atoms with Gasteiger partial charge in [-0.05, 0) is 32.3 Å². The van der Waals surface area contributed by atoms with Crippen molar-refractivity contribution in [2.45, 2.75) is 6.54 Å². The minimum absolute atomic E-state index is 0.0959. The summed E-state index contributed by atoms with van der Waals surface area (Å²) in [7, 11) is 7.43. The fraction of sp³-hybridized carbons (Fsp3) is 0.276. The number of methoxy groups -OCH3 is 1. The molecule has 1 aliphatic heterocycles. The highest BCUT2D eigenvalue weighted by molar-refractivity contribution is 6.03. The molecule has 3 heterocycles. The summed E-state index contributed by atoms with van der Waals surface area (Å²) in [6.07, 6.45) is 2.44. The summed E-state index contributed by atoms with van der Waals surface area (Å²) in [5.41, 5.74) is 2.95. The number of aromatic nitrogens is 4. The molecule has 3 N–H and O–H groups in total. The van der Waals surface area contributed by atoms with Gasteiger partial charge in [0, 0.05) is 37.8 Å². The summed E-state index contributed by atoms with van der Waals surface area (Å²) in [5.74, 6) is -0.294. The number of benzene rings is 2. The van der Waals surface area contributed by atoms with Gasteiger partial charge in [-0.2, -0.15) is 5.10 Å². The van der Waals surface area contributed by atoms with Crippen molar-refractivity contribution in [2.24, 2.45) is 0 Å². The number of para-hydroxylation sites is 1. The van der Waals surface area contributed by atoms with Crippen molar-refractivity contribution in [1.82, 2.24) is 24.6 Å². The quantitative estimate of drug-likeness (QED) is 0.227. The van der Waals surface area contributed by atoms with Crippen molar-refractivity contribution in [3.8, 4) is 22.9 Å². The van der Waals surface area contributed by atoms with Crippen LogP contribution in [-0.4, -0.2) is 89.6 Å². The van der Waals surface area contributed by atoms with Crippen LogP contribution < -0.4 is 25.0 Å². The number of aromatic carboxylic acids is 1. The average Bonchev–Trinajstić information content (AvgIpc) is 3.36. The Hall–Kier alpha value is -5.17. The summed E-state index contributed by atoms with van der Waals surface area (Å²) < 4.78 is 13.3. The molecule has 0 fully saturated rings. The lowest BCUT2D eigenvalue weighted by Gasteiger charge is -2.26. The van der Waals surface area contributed by atoms with E-state index < -0.39 is 5.97 Å². The molecule has 2 aromatic carbocycles. The summed E-state index contributed by atoms with van der Waals surface area (Å²) >= 11 is 0. The zero-order chi connectivity index (χ0) is 30.0. The van der Waals surface area contributed by atoms with E-state index in [0.29, 0.717) is 48.3 Å². The first-order valence-electron chi connectivity index (χ1n) is 13.2. The zero-order valence-electron chi connectivity index (χ0n) is 23.8. The molecule has 0 radical (unpaired) electrons. The van der Waals surface area contributed by atoms with E-state index in [1.54, 1.807) is 16.8 Å². The normalized spacial score (nSPS) is 12.1. The molecule has 13 nitrogen and oxygen atoms in total. The molecule has 1 amide bonds. The Morgan fingerprint density at radius 2 is 2.00 bits per heavy atom. The molecule has 0 aliphatic carbocycles. The highest BCUT2D eigenvalue weighted by Gasteiger charge is 2.25. The Bertz CT molecular complexity index is 1680. The number of anilines is 4. The van der Waals surface area contributed by atoms with Crippen molar-refractivity contribution < 1.29 is 24.2 Å². The molecule has 0 spiro atoms. The van der Waals surface area contributed by atoms with Crippen LogP contribution in [0.15, 0.2) is 49.2 Å². The molecule has 0 atom stereocenters. The molecule has 0 unspecified atom stereocenters. The fourth-order valence-electron chi connectivity index (χ4n) is 4.70. The Morgan fingerprint density at radius 3 is 2.71 bits per heavy atom. The van der Waals surface area contributed by atoms with Crippen molar-refractivity contribution in [3.63, 3.8) is 0 Å². The first-order chi connectivity index (χ1) is 20.2. The third kappa shape index (κ3) is 5.54. The highest BCUT2D eigenvalue weighted by Crippen LogP contribution is 2.39. The van der Waals surface area contributed by atoms with Crippen LogP contribution in [0.3, 0.4) is 0 Å².